The van der Waals surface area contributed by atoms with E-state index in [0.29, 0.717) is 0 Å². The summed E-state index contributed by atoms with van der Waals surface area (Å²) in [5.41, 5.74) is 1.27. The summed E-state index contributed by atoms with van der Waals surface area (Å²) in [7, 11) is 1.75. The maximum absolute atomic E-state index is 5.56. The van der Waals surface area contributed by atoms with E-state index < -0.39 is 0 Å². The van der Waals surface area contributed by atoms with Crippen LogP contribution in [0.4, 0.5) is 0 Å². The van der Waals surface area contributed by atoms with Crippen LogP contribution in [0.1, 0.15) is 18.9 Å². The fourth-order valence-electron chi connectivity index (χ4n) is 3.46. The number of hydrogen-bond acceptors (Lipinski definition) is 3. The number of benzene rings is 2. The van der Waals surface area contributed by atoms with Gasteiger partial charge in [0, 0.05) is 18.7 Å². The van der Waals surface area contributed by atoms with Crippen molar-refractivity contribution in [3.05, 3.63) is 42.0 Å². The first-order valence-electron chi connectivity index (χ1n) is 8.29. The Morgan fingerprint density at radius 1 is 1.23 bits per heavy atom. The molecule has 1 aliphatic heterocycles. The van der Waals surface area contributed by atoms with Gasteiger partial charge in [0.25, 0.3) is 0 Å². The van der Waals surface area contributed by atoms with E-state index in [2.05, 4.69) is 53.5 Å². The molecule has 22 heavy (non-hydrogen) atoms. The second-order valence-electron chi connectivity index (χ2n) is 6.15. The Kier molecular flexibility index (Phi) is 4.96. The summed E-state index contributed by atoms with van der Waals surface area (Å²) in [4.78, 5) is 2.53. The molecule has 1 unspecified atom stereocenters. The smallest absolute Gasteiger partial charge is 0.123 e. The number of rotatable bonds is 6. The Hall–Kier alpha value is -1.58. The molecule has 3 rings (SSSR count). The summed E-state index contributed by atoms with van der Waals surface area (Å²) in [6, 6.07) is 12.7. The molecule has 1 atom stereocenters. The Morgan fingerprint density at radius 2 is 2.09 bits per heavy atom. The number of likely N-dealkylation sites (tertiary alicyclic amines) is 1. The standard InChI is InChI=1S/C19H26N2O/c1-3-21-11-10-15(14-21)12-20-13-18-17-7-5-4-6-16(17)8-9-19(18)22-2/h4-9,15,20H,3,10-14H2,1-2H3. The van der Waals surface area contributed by atoms with Gasteiger partial charge in [0.15, 0.2) is 0 Å². The first kappa shape index (κ1) is 15.3. The van der Waals surface area contributed by atoms with Gasteiger partial charge in [-0.2, -0.15) is 0 Å². The van der Waals surface area contributed by atoms with Crippen molar-refractivity contribution in [1.82, 2.24) is 10.2 Å². The topological polar surface area (TPSA) is 24.5 Å². The number of methoxy groups -OCH3 is 1. The third kappa shape index (κ3) is 3.26. The normalized spacial score (nSPS) is 18.9. The van der Waals surface area contributed by atoms with Crippen LogP contribution in [0.2, 0.25) is 0 Å². The molecule has 1 heterocycles. The Labute approximate surface area is 133 Å². The van der Waals surface area contributed by atoms with E-state index in [4.69, 9.17) is 4.74 Å². The van der Waals surface area contributed by atoms with Crippen molar-refractivity contribution in [2.24, 2.45) is 5.92 Å². The fraction of sp³-hybridized carbons (Fsp3) is 0.474. The van der Waals surface area contributed by atoms with Crippen molar-refractivity contribution >= 4 is 10.8 Å². The van der Waals surface area contributed by atoms with Gasteiger partial charge in [0.05, 0.1) is 7.11 Å². The maximum atomic E-state index is 5.56. The summed E-state index contributed by atoms with van der Waals surface area (Å²) in [5, 5.41) is 6.21. The van der Waals surface area contributed by atoms with Crippen molar-refractivity contribution in [2.45, 2.75) is 19.9 Å². The van der Waals surface area contributed by atoms with E-state index in [-0.39, 0.29) is 0 Å². The van der Waals surface area contributed by atoms with Gasteiger partial charge >= 0.3 is 0 Å². The van der Waals surface area contributed by atoms with Crippen LogP contribution in [0, 0.1) is 5.92 Å². The lowest BCUT2D eigenvalue weighted by Crippen LogP contribution is -2.26. The van der Waals surface area contributed by atoms with E-state index in [1.165, 1.54) is 42.4 Å². The number of ether oxygens (including phenoxy) is 1. The zero-order chi connectivity index (χ0) is 15.4. The number of nitrogens with one attached hydrogen (secondary N) is 1. The van der Waals surface area contributed by atoms with E-state index >= 15 is 0 Å². The van der Waals surface area contributed by atoms with Crippen LogP contribution in [0.3, 0.4) is 0 Å². The van der Waals surface area contributed by atoms with Crippen LogP contribution in [-0.4, -0.2) is 38.2 Å². The molecule has 3 nitrogen and oxygen atoms in total. The van der Waals surface area contributed by atoms with E-state index in [1.54, 1.807) is 7.11 Å². The number of hydrogen-bond donors (Lipinski definition) is 1. The van der Waals surface area contributed by atoms with Crippen LogP contribution in [0.15, 0.2) is 36.4 Å². The molecule has 2 aromatic rings. The van der Waals surface area contributed by atoms with Crippen molar-refractivity contribution < 1.29 is 4.74 Å². The summed E-state index contributed by atoms with van der Waals surface area (Å²) in [5.74, 6) is 1.76. The first-order chi connectivity index (χ1) is 10.8. The number of fused-ring (bicyclic) bond motifs is 1. The Balaban J connectivity index is 1.68. The van der Waals surface area contributed by atoms with Crippen molar-refractivity contribution in [1.29, 1.82) is 0 Å². The van der Waals surface area contributed by atoms with Crippen LogP contribution in [0.5, 0.6) is 5.75 Å². The quantitative estimate of drug-likeness (QED) is 0.886. The lowest BCUT2D eigenvalue weighted by molar-refractivity contribution is 0.338. The highest BCUT2D eigenvalue weighted by Gasteiger charge is 2.20. The van der Waals surface area contributed by atoms with Gasteiger partial charge in [0.1, 0.15) is 5.75 Å². The molecule has 0 saturated carbocycles. The van der Waals surface area contributed by atoms with Crippen LogP contribution in [-0.2, 0) is 6.54 Å². The van der Waals surface area contributed by atoms with Crippen LogP contribution < -0.4 is 10.1 Å². The minimum atomic E-state index is 0.779. The minimum absolute atomic E-state index is 0.779. The molecule has 0 amide bonds. The van der Waals surface area contributed by atoms with Gasteiger partial charge < -0.3 is 15.0 Å². The van der Waals surface area contributed by atoms with E-state index in [9.17, 15) is 0 Å². The lowest BCUT2D eigenvalue weighted by Gasteiger charge is -2.16. The molecule has 1 fully saturated rings. The van der Waals surface area contributed by atoms with E-state index in [1.807, 2.05) is 0 Å². The molecule has 2 aromatic carbocycles. The highest BCUT2D eigenvalue weighted by atomic mass is 16.5. The summed E-state index contributed by atoms with van der Waals surface area (Å²) in [6.45, 7) is 7.86. The average molecular weight is 298 g/mol. The molecule has 0 aliphatic carbocycles. The predicted molar refractivity (Wildman–Crippen MR) is 92.4 cm³/mol. The molecule has 3 heteroatoms. The van der Waals surface area contributed by atoms with Crippen LogP contribution >= 0.6 is 0 Å². The summed E-state index contributed by atoms with van der Waals surface area (Å²) >= 11 is 0. The lowest BCUT2D eigenvalue weighted by atomic mass is 10.0. The first-order valence-corrected chi connectivity index (χ1v) is 8.29. The second-order valence-corrected chi connectivity index (χ2v) is 6.15. The summed E-state index contributed by atoms with van der Waals surface area (Å²) < 4.78 is 5.56. The summed E-state index contributed by atoms with van der Waals surface area (Å²) in [6.07, 6.45) is 1.31. The van der Waals surface area contributed by atoms with Gasteiger partial charge in [-0.15, -0.1) is 0 Å². The number of nitrogens with zero attached hydrogens (tertiary/aromatic N) is 1. The predicted octanol–water partition coefficient (Wildman–Crippen LogP) is 3.28. The van der Waals surface area contributed by atoms with Crippen molar-refractivity contribution in [2.75, 3.05) is 33.3 Å². The van der Waals surface area contributed by atoms with Gasteiger partial charge in [-0.25, -0.2) is 0 Å². The second kappa shape index (κ2) is 7.12. The monoisotopic (exact) mass is 298 g/mol. The highest BCUT2D eigenvalue weighted by molar-refractivity contribution is 5.87. The molecule has 0 radical (unpaired) electrons. The zero-order valence-corrected chi connectivity index (χ0v) is 13.6. The third-order valence-corrected chi connectivity index (χ3v) is 4.77. The van der Waals surface area contributed by atoms with Gasteiger partial charge in [-0.1, -0.05) is 37.3 Å². The molecule has 1 N–H and O–H groups in total. The third-order valence-electron chi connectivity index (χ3n) is 4.77. The zero-order valence-electron chi connectivity index (χ0n) is 13.6. The SMILES string of the molecule is CCN1CCC(CNCc2c(OC)ccc3ccccc23)C1. The molecule has 1 saturated heterocycles. The van der Waals surface area contributed by atoms with E-state index in [0.717, 1.165) is 24.8 Å². The largest absolute Gasteiger partial charge is 0.496 e. The molecule has 118 valence electrons. The molecule has 0 aromatic heterocycles. The molecule has 1 aliphatic rings. The highest BCUT2D eigenvalue weighted by Crippen LogP contribution is 2.28. The molecular weight excluding hydrogens is 272 g/mol. The van der Waals surface area contributed by atoms with Crippen molar-refractivity contribution in [3.63, 3.8) is 0 Å². The van der Waals surface area contributed by atoms with Gasteiger partial charge in [-0.05, 0) is 48.8 Å². The molecule has 0 spiro atoms. The minimum Gasteiger partial charge on any atom is -0.496 e. The average Bonchev–Trinajstić information content (AvgIpc) is 3.03. The maximum Gasteiger partial charge on any atom is 0.123 e. The van der Waals surface area contributed by atoms with Gasteiger partial charge in [0.2, 0.25) is 0 Å². The van der Waals surface area contributed by atoms with Crippen molar-refractivity contribution in [3.8, 4) is 5.75 Å². The molecular formula is C19H26N2O. The van der Waals surface area contributed by atoms with Crippen LogP contribution in [0.25, 0.3) is 10.8 Å². The van der Waals surface area contributed by atoms with Gasteiger partial charge in [-0.3, -0.25) is 0 Å². The Morgan fingerprint density at radius 3 is 2.86 bits per heavy atom. The Bertz CT molecular complexity index is 626. The fourth-order valence-corrected chi connectivity index (χ4v) is 3.46. The molecule has 0 bridgehead atoms.